The van der Waals surface area contributed by atoms with Crippen molar-refractivity contribution in [1.29, 1.82) is 0 Å². The van der Waals surface area contributed by atoms with Crippen molar-refractivity contribution >= 4 is 51.7 Å². The van der Waals surface area contributed by atoms with Crippen LogP contribution in [0.2, 0.25) is 0 Å². The number of aromatic amines is 2. The molecule has 4 atom stereocenters. The van der Waals surface area contributed by atoms with E-state index in [9.17, 15) is 49.5 Å². The number of nitrogens with zero attached hydrogens (tertiary/aromatic N) is 3. The lowest BCUT2D eigenvalue weighted by Crippen LogP contribution is -2.59. The standard InChI is InChI=1S/C36H45N5O10/c1-3-22(2)33(36(50)51)39(12-14-40(20-31(42)43)29(34(46)47)16-23-18-37-27-10-6-4-8-25(23)27)13-15-41(21-32(44)45)30(35(48)49)17-24-19-38-28-11-7-5-9-26(24)28/h4-11,18-19,22,29-30,33,37-38H,3,12-17,20-21H2,1-2H3,(H,42,43)(H,44,45)(H,46,47)(H,48,49)(H,50,51)/p-5/t22-,29-,30-,33-/m0/s1. The topological polar surface area (TPSA) is 242 Å². The Balaban J connectivity index is 1.62. The molecule has 0 fully saturated rings. The number of carbonyl (C=O) groups is 5. The van der Waals surface area contributed by atoms with Crippen LogP contribution in [0.25, 0.3) is 21.8 Å². The Hall–Kier alpha value is -5.25. The van der Waals surface area contributed by atoms with Gasteiger partial charge in [0, 0.05) is 73.5 Å². The number of carboxylic acid groups (broad SMARTS) is 5. The second kappa shape index (κ2) is 17.6. The van der Waals surface area contributed by atoms with Gasteiger partial charge in [0.15, 0.2) is 0 Å². The number of H-pyrrole nitrogens is 2. The van der Waals surface area contributed by atoms with Crippen molar-refractivity contribution in [2.75, 3.05) is 39.3 Å². The van der Waals surface area contributed by atoms with E-state index in [-0.39, 0.29) is 39.0 Å². The normalized spacial score (nSPS) is 14.2. The molecule has 0 aliphatic rings. The maximum absolute atomic E-state index is 12.5. The lowest BCUT2D eigenvalue weighted by molar-refractivity contribution is -0.317. The molecule has 0 aliphatic carbocycles. The molecule has 0 saturated heterocycles. The Kier molecular flexibility index (Phi) is 13.3. The molecule has 2 N–H and O–H groups in total. The molecule has 0 radical (unpaired) electrons. The molecular weight excluding hydrogens is 662 g/mol. The van der Waals surface area contributed by atoms with E-state index < -0.39 is 67.0 Å². The van der Waals surface area contributed by atoms with Gasteiger partial charge in [0.2, 0.25) is 0 Å². The molecule has 4 aromatic rings. The van der Waals surface area contributed by atoms with E-state index >= 15 is 0 Å². The average Bonchev–Trinajstić information content (AvgIpc) is 3.69. The molecule has 2 aromatic heterocycles. The molecule has 0 saturated carbocycles. The van der Waals surface area contributed by atoms with Gasteiger partial charge in [-0.15, -0.1) is 0 Å². The van der Waals surface area contributed by atoms with Crippen molar-refractivity contribution in [1.82, 2.24) is 24.7 Å². The fourth-order valence-electron chi connectivity index (χ4n) is 6.63. The average molecular weight is 703 g/mol. The van der Waals surface area contributed by atoms with Crippen LogP contribution in [-0.2, 0) is 36.8 Å². The summed E-state index contributed by atoms with van der Waals surface area (Å²) in [6.45, 7) is 0.781. The van der Waals surface area contributed by atoms with Gasteiger partial charge in [-0.05, 0) is 42.0 Å². The highest BCUT2D eigenvalue weighted by Gasteiger charge is 2.30. The fraction of sp³-hybridized carbons (Fsp3) is 0.417. The first-order chi connectivity index (χ1) is 24.3. The minimum atomic E-state index is -1.57. The molecule has 15 heteroatoms. The van der Waals surface area contributed by atoms with Gasteiger partial charge in [0.25, 0.3) is 0 Å². The first kappa shape index (κ1) is 38.6. The SMILES string of the molecule is CC[C@H](C)[C@@H](C(=O)[O-])N(CCN(CC(=O)[O-])[C@@H](Cc1c[nH]c2ccccc12)C(=O)[O-])CCN(CC(=O)[O-])[C@@H](Cc1c[nH]c2ccccc12)C(=O)[O-]. The van der Waals surface area contributed by atoms with Crippen LogP contribution in [0.1, 0.15) is 31.4 Å². The van der Waals surface area contributed by atoms with Crippen LogP contribution in [0.5, 0.6) is 0 Å². The van der Waals surface area contributed by atoms with Gasteiger partial charge in [-0.25, -0.2) is 0 Å². The quantitative estimate of drug-likeness (QED) is 0.0801. The number of rotatable bonds is 22. The summed E-state index contributed by atoms with van der Waals surface area (Å²) in [5.41, 5.74) is 2.67. The monoisotopic (exact) mass is 702 g/mol. The number of aromatic nitrogens is 2. The summed E-state index contributed by atoms with van der Waals surface area (Å²) in [7, 11) is 0. The van der Waals surface area contributed by atoms with E-state index in [1.54, 1.807) is 74.8 Å². The molecule has 0 aliphatic heterocycles. The zero-order valence-electron chi connectivity index (χ0n) is 28.4. The zero-order valence-corrected chi connectivity index (χ0v) is 28.4. The Morgan fingerprint density at radius 1 is 0.608 bits per heavy atom. The van der Waals surface area contributed by atoms with Crippen LogP contribution >= 0.6 is 0 Å². The summed E-state index contributed by atoms with van der Waals surface area (Å²) in [6, 6.07) is 10.1. The molecule has 4 rings (SSSR count). The molecule has 2 aromatic carbocycles. The van der Waals surface area contributed by atoms with Crippen molar-refractivity contribution in [2.45, 2.75) is 51.2 Å². The molecule has 0 amide bonds. The second-order valence-electron chi connectivity index (χ2n) is 12.7. The number of fused-ring (bicyclic) bond motifs is 2. The number of hydrogen-bond donors (Lipinski definition) is 2. The lowest BCUT2D eigenvalue weighted by atomic mass is 9.97. The fourth-order valence-corrected chi connectivity index (χ4v) is 6.63. The highest BCUT2D eigenvalue weighted by Crippen LogP contribution is 2.23. The molecule has 2 heterocycles. The number of benzene rings is 2. The number of carbonyl (C=O) groups excluding carboxylic acids is 5. The number of carboxylic acids is 5. The van der Waals surface area contributed by atoms with Crippen LogP contribution in [0, 0.1) is 5.92 Å². The molecule has 0 spiro atoms. The Labute approximate surface area is 294 Å². The van der Waals surface area contributed by atoms with Crippen LogP contribution in [0.3, 0.4) is 0 Å². The summed E-state index contributed by atoms with van der Waals surface area (Å²) in [5, 5.41) is 62.6. The van der Waals surface area contributed by atoms with E-state index in [0.29, 0.717) is 17.5 Å². The largest absolute Gasteiger partial charge is 0.549 e. The first-order valence-corrected chi connectivity index (χ1v) is 16.6. The van der Waals surface area contributed by atoms with Gasteiger partial charge < -0.3 is 59.5 Å². The van der Waals surface area contributed by atoms with Gasteiger partial charge in [-0.1, -0.05) is 56.7 Å². The number of aliphatic carboxylic acids is 5. The molecular formula is C36H40N5O10-5. The maximum atomic E-state index is 12.5. The molecule has 0 unspecified atom stereocenters. The van der Waals surface area contributed by atoms with Crippen LogP contribution in [0.4, 0.5) is 0 Å². The van der Waals surface area contributed by atoms with E-state index in [1.807, 2.05) is 0 Å². The third-order valence-corrected chi connectivity index (χ3v) is 9.43. The second-order valence-corrected chi connectivity index (χ2v) is 12.7. The molecule has 51 heavy (non-hydrogen) atoms. The van der Waals surface area contributed by atoms with Crippen molar-refractivity contribution in [3.05, 3.63) is 72.1 Å². The van der Waals surface area contributed by atoms with Gasteiger partial charge in [-0.2, -0.15) is 0 Å². The number of hydrogen-bond acceptors (Lipinski definition) is 13. The predicted molar refractivity (Wildman–Crippen MR) is 175 cm³/mol. The van der Waals surface area contributed by atoms with Crippen LogP contribution in [-0.4, -0.2) is 112 Å². The Morgan fingerprint density at radius 2 is 1.00 bits per heavy atom. The minimum Gasteiger partial charge on any atom is -0.549 e. The third kappa shape index (κ3) is 9.93. The maximum Gasteiger partial charge on any atom is 0.0590 e. The minimum absolute atomic E-state index is 0.143. The summed E-state index contributed by atoms with van der Waals surface area (Å²) in [4.78, 5) is 70.9. The van der Waals surface area contributed by atoms with Crippen molar-refractivity contribution in [3.63, 3.8) is 0 Å². The summed E-state index contributed by atoms with van der Waals surface area (Å²) in [5.74, 6) is -8.24. The first-order valence-electron chi connectivity index (χ1n) is 16.6. The highest BCUT2D eigenvalue weighted by molar-refractivity contribution is 5.85. The number of para-hydroxylation sites is 2. The van der Waals surface area contributed by atoms with E-state index in [0.717, 1.165) is 31.6 Å². The lowest BCUT2D eigenvalue weighted by Gasteiger charge is -2.41. The molecule has 0 bridgehead atoms. The highest BCUT2D eigenvalue weighted by atomic mass is 16.4. The van der Waals surface area contributed by atoms with Gasteiger partial charge >= 0.3 is 0 Å². The smallest absolute Gasteiger partial charge is 0.0590 e. The van der Waals surface area contributed by atoms with Crippen LogP contribution < -0.4 is 25.5 Å². The Morgan fingerprint density at radius 3 is 1.35 bits per heavy atom. The van der Waals surface area contributed by atoms with E-state index in [2.05, 4.69) is 9.97 Å². The van der Waals surface area contributed by atoms with Crippen molar-refractivity contribution in [2.24, 2.45) is 5.92 Å². The van der Waals surface area contributed by atoms with Gasteiger partial charge in [-0.3, -0.25) is 14.7 Å². The molecule has 274 valence electrons. The Bertz CT molecular complexity index is 1720. The zero-order chi connectivity index (χ0) is 37.2. The van der Waals surface area contributed by atoms with Gasteiger partial charge in [0.1, 0.15) is 0 Å². The van der Waals surface area contributed by atoms with Crippen LogP contribution in [0.15, 0.2) is 60.9 Å². The van der Waals surface area contributed by atoms with E-state index in [4.69, 9.17) is 0 Å². The van der Waals surface area contributed by atoms with Crippen molar-refractivity contribution in [3.8, 4) is 0 Å². The summed E-state index contributed by atoms with van der Waals surface area (Å²) in [6.07, 6.45) is 3.33. The third-order valence-electron chi connectivity index (χ3n) is 9.43. The predicted octanol–water partition coefficient (Wildman–Crippen LogP) is -3.76. The molecule has 15 nitrogen and oxygen atoms in total. The summed E-state index contributed by atoms with van der Waals surface area (Å²) >= 11 is 0. The van der Waals surface area contributed by atoms with Crippen molar-refractivity contribution < 1.29 is 49.5 Å². The summed E-state index contributed by atoms with van der Waals surface area (Å²) < 4.78 is 0. The van der Waals surface area contributed by atoms with Gasteiger partial charge in [0.05, 0.1) is 48.0 Å². The number of nitrogens with one attached hydrogen (secondary N) is 2. The van der Waals surface area contributed by atoms with E-state index in [1.165, 1.54) is 4.90 Å².